The zero-order valence-corrected chi connectivity index (χ0v) is 15.2. The molecule has 0 saturated carbocycles. The monoisotopic (exact) mass is 388 g/mol. The van der Waals surface area contributed by atoms with Crippen molar-refractivity contribution in [1.82, 2.24) is 15.6 Å². The Hall–Kier alpha value is -2.83. The Labute approximate surface area is 159 Å². The number of hydrogen-bond donors (Lipinski definition) is 2. The van der Waals surface area contributed by atoms with E-state index >= 15 is 0 Å². The third-order valence-electron chi connectivity index (χ3n) is 3.58. The van der Waals surface area contributed by atoms with Crippen molar-refractivity contribution in [3.63, 3.8) is 0 Å². The Balaban J connectivity index is 1.76. The maximum atomic E-state index is 12.3. The highest BCUT2D eigenvalue weighted by molar-refractivity contribution is 6.31. The number of carbonyl (C=O) groups is 1. The number of aromatic amines is 1. The summed E-state index contributed by atoms with van der Waals surface area (Å²) in [6.45, 7) is 0. The van der Waals surface area contributed by atoms with Gasteiger partial charge in [0.2, 0.25) is 0 Å². The largest absolute Gasteiger partial charge is 0.496 e. The van der Waals surface area contributed by atoms with Gasteiger partial charge in [0.25, 0.3) is 5.91 Å². The smallest absolute Gasteiger partial charge is 0.275 e. The summed E-state index contributed by atoms with van der Waals surface area (Å²) in [5.74, 6) is -0.0237. The third kappa shape index (κ3) is 4.04. The normalized spacial score (nSPS) is 10.9. The number of nitrogens with one attached hydrogen (secondary N) is 2. The molecule has 2 N–H and O–H groups in total. The van der Waals surface area contributed by atoms with Crippen molar-refractivity contribution in [2.45, 2.75) is 0 Å². The van der Waals surface area contributed by atoms with E-state index in [1.165, 1.54) is 19.4 Å². The molecule has 2 aromatic carbocycles. The zero-order chi connectivity index (χ0) is 18.5. The molecule has 3 rings (SSSR count). The van der Waals surface area contributed by atoms with Crippen LogP contribution < -0.4 is 10.2 Å². The minimum Gasteiger partial charge on any atom is -0.496 e. The Morgan fingerprint density at radius 3 is 2.65 bits per heavy atom. The predicted octanol–water partition coefficient (Wildman–Crippen LogP) is 4.16. The number of amides is 1. The number of benzene rings is 2. The van der Waals surface area contributed by atoms with Crippen molar-refractivity contribution >= 4 is 35.3 Å². The SMILES string of the molecule is COc1ccc(Cl)cc1C(=O)N/N=C/c1cn[nH]c1-c1ccc(Cl)cc1. The Morgan fingerprint density at radius 1 is 1.19 bits per heavy atom. The molecule has 6 nitrogen and oxygen atoms in total. The number of ether oxygens (including phenoxy) is 1. The molecule has 0 radical (unpaired) electrons. The number of aromatic nitrogens is 2. The highest BCUT2D eigenvalue weighted by atomic mass is 35.5. The molecule has 0 aliphatic rings. The van der Waals surface area contributed by atoms with Gasteiger partial charge in [0.05, 0.1) is 30.8 Å². The lowest BCUT2D eigenvalue weighted by molar-refractivity contribution is 0.0952. The molecule has 0 aliphatic carbocycles. The van der Waals surface area contributed by atoms with Crippen LogP contribution >= 0.6 is 23.2 Å². The lowest BCUT2D eigenvalue weighted by Crippen LogP contribution is -2.18. The quantitative estimate of drug-likeness (QED) is 0.508. The average molecular weight is 389 g/mol. The van der Waals surface area contributed by atoms with Crippen LogP contribution in [0.1, 0.15) is 15.9 Å². The van der Waals surface area contributed by atoms with Gasteiger partial charge >= 0.3 is 0 Å². The van der Waals surface area contributed by atoms with Gasteiger partial charge in [-0.2, -0.15) is 10.2 Å². The van der Waals surface area contributed by atoms with Gasteiger partial charge in [0.15, 0.2) is 0 Å². The second-order valence-electron chi connectivity index (χ2n) is 5.25. The van der Waals surface area contributed by atoms with Crippen LogP contribution in [0.4, 0.5) is 0 Å². The van der Waals surface area contributed by atoms with Gasteiger partial charge in [0, 0.05) is 21.2 Å². The topological polar surface area (TPSA) is 79.4 Å². The summed E-state index contributed by atoms with van der Waals surface area (Å²) in [6.07, 6.45) is 3.11. The molecule has 26 heavy (non-hydrogen) atoms. The fourth-order valence-corrected chi connectivity index (χ4v) is 2.62. The number of carbonyl (C=O) groups excluding carboxylic acids is 1. The summed E-state index contributed by atoms with van der Waals surface area (Å²) in [4.78, 5) is 12.3. The van der Waals surface area contributed by atoms with Crippen molar-refractivity contribution in [3.05, 3.63) is 69.8 Å². The molecular formula is C18H14Cl2N4O2. The maximum absolute atomic E-state index is 12.3. The van der Waals surface area contributed by atoms with Gasteiger partial charge in [-0.25, -0.2) is 5.43 Å². The van der Waals surface area contributed by atoms with Crippen LogP contribution in [0.2, 0.25) is 10.0 Å². The molecule has 8 heteroatoms. The number of rotatable bonds is 5. The zero-order valence-electron chi connectivity index (χ0n) is 13.7. The van der Waals surface area contributed by atoms with Gasteiger partial charge in [-0.15, -0.1) is 0 Å². The molecule has 3 aromatic rings. The molecule has 1 amide bonds. The first kappa shape index (κ1) is 18.0. The summed E-state index contributed by atoms with van der Waals surface area (Å²) in [7, 11) is 1.48. The molecule has 0 unspecified atom stereocenters. The van der Waals surface area contributed by atoms with Crippen molar-refractivity contribution in [2.24, 2.45) is 5.10 Å². The van der Waals surface area contributed by atoms with Gasteiger partial charge in [0.1, 0.15) is 5.75 Å². The maximum Gasteiger partial charge on any atom is 0.275 e. The molecule has 1 heterocycles. The Kier molecular flexibility index (Phi) is 5.55. The lowest BCUT2D eigenvalue weighted by atomic mass is 10.1. The summed E-state index contributed by atoms with van der Waals surface area (Å²) in [6, 6.07) is 12.1. The number of nitrogens with zero attached hydrogens (tertiary/aromatic N) is 2. The highest BCUT2D eigenvalue weighted by Gasteiger charge is 2.12. The summed E-state index contributed by atoms with van der Waals surface area (Å²) in [5.41, 5.74) is 5.13. The second-order valence-corrected chi connectivity index (χ2v) is 6.12. The number of methoxy groups -OCH3 is 1. The van der Waals surface area contributed by atoms with E-state index in [-0.39, 0.29) is 0 Å². The molecular weight excluding hydrogens is 375 g/mol. The molecule has 0 atom stereocenters. The van der Waals surface area contributed by atoms with Crippen LogP contribution in [-0.2, 0) is 0 Å². The van der Waals surface area contributed by atoms with Gasteiger partial charge in [-0.05, 0) is 30.3 Å². The number of H-pyrrole nitrogens is 1. The van der Waals surface area contributed by atoms with Crippen LogP contribution in [0, 0.1) is 0 Å². The van der Waals surface area contributed by atoms with Crippen LogP contribution in [0.25, 0.3) is 11.3 Å². The lowest BCUT2D eigenvalue weighted by Gasteiger charge is -2.07. The van der Waals surface area contributed by atoms with Crippen LogP contribution in [-0.4, -0.2) is 29.4 Å². The van der Waals surface area contributed by atoms with Crippen LogP contribution in [0.5, 0.6) is 5.75 Å². The molecule has 0 bridgehead atoms. The van der Waals surface area contributed by atoms with Crippen molar-refractivity contribution in [2.75, 3.05) is 7.11 Å². The van der Waals surface area contributed by atoms with Gasteiger partial charge in [-0.3, -0.25) is 9.89 Å². The first-order valence-corrected chi connectivity index (χ1v) is 8.30. The van der Waals surface area contributed by atoms with E-state index in [2.05, 4.69) is 20.7 Å². The summed E-state index contributed by atoms with van der Waals surface area (Å²) >= 11 is 11.8. The highest BCUT2D eigenvalue weighted by Crippen LogP contribution is 2.23. The van der Waals surface area contributed by atoms with Crippen molar-refractivity contribution in [3.8, 4) is 17.0 Å². The second kappa shape index (κ2) is 8.03. The minimum absolute atomic E-state index is 0.294. The molecule has 132 valence electrons. The first-order valence-electron chi connectivity index (χ1n) is 7.54. The number of hydrogen-bond acceptors (Lipinski definition) is 4. The molecule has 1 aromatic heterocycles. The molecule has 0 aliphatic heterocycles. The summed E-state index contributed by atoms with van der Waals surface area (Å²) in [5, 5.41) is 12.0. The van der Waals surface area contributed by atoms with Crippen LogP contribution in [0.15, 0.2) is 53.8 Å². The van der Waals surface area contributed by atoms with Crippen LogP contribution in [0.3, 0.4) is 0 Å². The number of hydrazone groups is 1. The van der Waals surface area contributed by atoms with E-state index in [0.29, 0.717) is 26.9 Å². The molecule has 0 saturated heterocycles. The standard InChI is InChI=1S/C18H14Cl2N4O2/c1-26-16-7-6-14(20)8-15(16)18(25)24-22-10-12-9-21-23-17(12)11-2-4-13(19)5-3-11/h2-10H,1H3,(H,21,23)(H,24,25)/b22-10+. The van der Waals surface area contributed by atoms with E-state index in [1.807, 2.05) is 12.1 Å². The number of halogens is 2. The fraction of sp³-hybridized carbons (Fsp3) is 0.0556. The van der Waals surface area contributed by atoms with E-state index in [0.717, 1.165) is 11.3 Å². The average Bonchev–Trinajstić information content (AvgIpc) is 3.10. The Bertz CT molecular complexity index is 952. The minimum atomic E-state index is -0.433. The fourth-order valence-electron chi connectivity index (χ4n) is 2.32. The third-order valence-corrected chi connectivity index (χ3v) is 4.06. The van der Waals surface area contributed by atoms with Crippen molar-refractivity contribution < 1.29 is 9.53 Å². The summed E-state index contributed by atoms with van der Waals surface area (Å²) < 4.78 is 5.16. The van der Waals surface area contributed by atoms with E-state index in [1.54, 1.807) is 30.5 Å². The van der Waals surface area contributed by atoms with Gasteiger partial charge < -0.3 is 4.74 Å². The predicted molar refractivity (Wildman–Crippen MR) is 102 cm³/mol. The molecule has 0 spiro atoms. The Morgan fingerprint density at radius 2 is 1.92 bits per heavy atom. The first-order chi connectivity index (χ1) is 12.6. The van der Waals surface area contributed by atoms with E-state index < -0.39 is 5.91 Å². The molecule has 0 fully saturated rings. The van der Waals surface area contributed by atoms with Crippen molar-refractivity contribution in [1.29, 1.82) is 0 Å². The van der Waals surface area contributed by atoms with E-state index in [9.17, 15) is 4.79 Å². The van der Waals surface area contributed by atoms with Gasteiger partial charge in [-0.1, -0.05) is 35.3 Å². The van der Waals surface area contributed by atoms with E-state index in [4.69, 9.17) is 27.9 Å².